The molecule has 0 fully saturated rings. The number of hydrogen-bond donors (Lipinski definition) is 5. The maximum absolute atomic E-state index is 12.4. The van der Waals surface area contributed by atoms with E-state index in [1.54, 1.807) is 45.0 Å². The SMILES string of the molecule is CC(C)(C)C(NC(=O)C(CC(N)=O)NC(=O)Nc1ccc(Br)cc1)C(=O)O. The molecule has 2 atom stereocenters. The van der Waals surface area contributed by atoms with Crippen LogP contribution in [0.25, 0.3) is 0 Å². The minimum absolute atomic E-state index is 0.465. The first-order chi connectivity index (χ1) is 12.4. The summed E-state index contributed by atoms with van der Waals surface area (Å²) in [5, 5.41) is 16.5. The lowest BCUT2D eigenvalue weighted by atomic mass is 9.86. The molecule has 9 nitrogen and oxygen atoms in total. The van der Waals surface area contributed by atoms with Gasteiger partial charge in [-0.15, -0.1) is 0 Å². The number of nitrogens with one attached hydrogen (secondary N) is 3. The Morgan fingerprint density at radius 3 is 2.11 bits per heavy atom. The molecule has 0 aliphatic carbocycles. The summed E-state index contributed by atoms with van der Waals surface area (Å²) in [6, 6.07) is 3.42. The van der Waals surface area contributed by atoms with Gasteiger partial charge < -0.3 is 26.8 Å². The zero-order valence-electron chi connectivity index (χ0n) is 15.2. The maximum Gasteiger partial charge on any atom is 0.326 e. The normalized spacial score (nSPS) is 13.2. The summed E-state index contributed by atoms with van der Waals surface area (Å²) in [5.74, 6) is -2.86. The predicted molar refractivity (Wildman–Crippen MR) is 103 cm³/mol. The van der Waals surface area contributed by atoms with Gasteiger partial charge in [-0.1, -0.05) is 36.7 Å². The molecular formula is C17H23BrN4O5. The van der Waals surface area contributed by atoms with Crippen LogP contribution in [0.15, 0.2) is 28.7 Å². The standard InChI is InChI=1S/C17H23BrN4O5/c1-17(2,3)13(15(25)26)22-14(24)11(8-12(19)23)21-16(27)20-10-6-4-9(18)5-7-10/h4-7,11,13H,8H2,1-3H3,(H2,19,23)(H,22,24)(H,25,26)(H2,20,21,27). The van der Waals surface area contributed by atoms with Gasteiger partial charge in [-0.3, -0.25) is 9.59 Å². The maximum atomic E-state index is 12.4. The number of hydrogen-bond acceptors (Lipinski definition) is 4. The number of nitrogens with two attached hydrogens (primary N) is 1. The van der Waals surface area contributed by atoms with Crippen molar-refractivity contribution in [3.05, 3.63) is 28.7 Å². The van der Waals surface area contributed by atoms with E-state index in [0.29, 0.717) is 5.69 Å². The van der Waals surface area contributed by atoms with Crippen LogP contribution >= 0.6 is 15.9 Å². The van der Waals surface area contributed by atoms with Crippen molar-refractivity contribution in [2.24, 2.45) is 11.1 Å². The van der Waals surface area contributed by atoms with Crippen LogP contribution in [0, 0.1) is 5.41 Å². The number of rotatable bonds is 7. The topological polar surface area (TPSA) is 151 Å². The molecule has 1 aromatic carbocycles. The second-order valence-electron chi connectivity index (χ2n) is 6.97. The number of aliphatic carboxylic acids is 1. The highest BCUT2D eigenvalue weighted by Gasteiger charge is 2.35. The van der Waals surface area contributed by atoms with Crippen LogP contribution in [-0.4, -0.2) is 41.0 Å². The fourth-order valence-electron chi connectivity index (χ4n) is 2.16. The molecule has 0 spiro atoms. The number of carboxylic acids is 1. The van der Waals surface area contributed by atoms with Crippen LogP contribution in [0.3, 0.4) is 0 Å². The number of urea groups is 1. The van der Waals surface area contributed by atoms with Crippen LogP contribution < -0.4 is 21.7 Å². The number of halogens is 1. The van der Waals surface area contributed by atoms with Gasteiger partial charge in [-0.05, 0) is 29.7 Å². The Balaban J connectivity index is 2.85. The quantitative estimate of drug-likeness (QED) is 0.432. The summed E-state index contributed by atoms with van der Waals surface area (Å²) < 4.78 is 0.821. The lowest BCUT2D eigenvalue weighted by molar-refractivity contribution is -0.145. The third-order valence-electron chi connectivity index (χ3n) is 3.53. The van der Waals surface area contributed by atoms with Crippen LogP contribution in [-0.2, 0) is 14.4 Å². The van der Waals surface area contributed by atoms with Gasteiger partial charge in [-0.25, -0.2) is 9.59 Å². The Labute approximate surface area is 165 Å². The number of carboxylic acid groups (broad SMARTS) is 1. The molecule has 0 aromatic heterocycles. The van der Waals surface area contributed by atoms with Crippen molar-refractivity contribution < 1.29 is 24.3 Å². The number of anilines is 1. The van der Waals surface area contributed by atoms with Gasteiger partial charge in [0, 0.05) is 10.2 Å². The number of benzene rings is 1. The van der Waals surface area contributed by atoms with E-state index in [-0.39, 0.29) is 0 Å². The van der Waals surface area contributed by atoms with Crippen molar-refractivity contribution in [1.82, 2.24) is 10.6 Å². The summed E-state index contributed by atoms with van der Waals surface area (Å²) in [6.07, 6.45) is -0.476. The number of carbonyl (C=O) groups excluding carboxylic acids is 3. The van der Waals surface area contributed by atoms with Gasteiger partial charge in [0.1, 0.15) is 12.1 Å². The lowest BCUT2D eigenvalue weighted by Gasteiger charge is -2.29. The van der Waals surface area contributed by atoms with Gasteiger partial charge in [0.15, 0.2) is 0 Å². The summed E-state index contributed by atoms with van der Waals surface area (Å²) in [7, 11) is 0. The molecule has 0 saturated carbocycles. The van der Waals surface area contributed by atoms with Gasteiger partial charge in [0.2, 0.25) is 11.8 Å². The van der Waals surface area contributed by atoms with Crippen molar-refractivity contribution in [3.8, 4) is 0 Å². The second-order valence-corrected chi connectivity index (χ2v) is 7.89. The highest BCUT2D eigenvalue weighted by atomic mass is 79.9. The Morgan fingerprint density at radius 1 is 1.11 bits per heavy atom. The third-order valence-corrected chi connectivity index (χ3v) is 4.06. The molecule has 0 aliphatic rings. The fraction of sp³-hybridized carbons (Fsp3) is 0.412. The van der Waals surface area contributed by atoms with Crippen LogP contribution in [0.1, 0.15) is 27.2 Å². The minimum Gasteiger partial charge on any atom is -0.480 e. The number of primary amides is 1. The molecule has 0 radical (unpaired) electrons. The van der Waals surface area contributed by atoms with Crippen LogP contribution in [0.2, 0.25) is 0 Å². The fourth-order valence-corrected chi connectivity index (χ4v) is 2.42. The van der Waals surface area contributed by atoms with E-state index in [0.717, 1.165) is 4.47 Å². The van der Waals surface area contributed by atoms with E-state index in [2.05, 4.69) is 31.9 Å². The molecule has 10 heteroatoms. The molecule has 6 N–H and O–H groups in total. The monoisotopic (exact) mass is 442 g/mol. The van der Waals surface area contributed by atoms with E-state index in [1.807, 2.05) is 0 Å². The van der Waals surface area contributed by atoms with Crippen LogP contribution in [0.5, 0.6) is 0 Å². The highest BCUT2D eigenvalue weighted by Crippen LogP contribution is 2.19. The summed E-state index contributed by atoms with van der Waals surface area (Å²) in [4.78, 5) is 47.2. The Hall–Kier alpha value is -2.62. The van der Waals surface area contributed by atoms with Crippen LogP contribution in [0.4, 0.5) is 10.5 Å². The van der Waals surface area contributed by atoms with E-state index in [1.165, 1.54) is 0 Å². The first kappa shape index (κ1) is 22.4. The van der Waals surface area contributed by atoms with Crippen molar-refractivity contribution in [1.29, 1.82) is 0 Å². The third kappa shape index (κ3) is 7.65. The van der Waals surface area contributed by atoms with Gasteiger partial charge in [-0.2, -0.15) is 0 Å². The second kappa shape index (κ2) is 9.36. The van der Waals surface area contributed by atoms with Gasteiger partial charge in [0.25, 0.3) is 0 Å². The summed E-state index contributed by atoms with van der Waals surface area (Å²) in [5.41, 5.74) is 4.83. The largest absolute Gasteiger partial charge is 0.480 e. The highest BCUT2D eigenvalue weighted by molar-refractivity contribution is 9.10. The van der Waals surface area contributed by atoms with E-state index < -0.39 is 47.7 Å². The van der Waals surface area contributed by atoms with Crippen molar-refractivity contribution in [2.75, 3.05) is 5.32 Å². The Morgan fingerprint density at radius 2 is 1.67 bits per heavy atom. The van der Waals surface area contributed by atoms with E-state index >= 15 is 0 Å². The minimum atomic E-state index is -1.32. The number of amides is 4. The zero-order chi connectivity index (χ0) is 20.8. The molecular weight excluding hydrogens is 420 g/mol. The molecule has 27 heavy (non-hydrogen) atoms. The zero-order valence-corrected chi connectivity index (χ0v) is 16.8. The Bertz CT molecular complexity index is 715. The Kier molecular flexibility index (Phi) is 7.77. The van der Waals surface area contributed by atoms with Gasteiger partial charge in [0.05, 0.1) is 6.42 Å². The molecule has 1 aromatic rings. The van der Waals surface area contributed by atoms with E-state index in [4.69, 9.17) is 5.73 Å². The number of carbonyl (C=O) groups is 4. The lowest BCUT2D eigenvalue weighted by Crippen LogP contribution is -2.56. The van der Waals surface area contributed by atoms with E-state index in [9.17, 15) is 24.3 Å². The molecule has 148 valence electrons. The molecule has 1 rings (SSSR count). The summed E-state index contributed by atoms with van der Waals surface area (Å²) >= 11 is 3.27. The smallest absolute Gasteiger partial charge is 0.326 e. The summed E-state index contributed by atoms with van der Waals surface area (Å²) in [6.45, 7) is 4.93. The molecule has 4 amide bonds. The van der Waals surface area contributed by atoms with Gasteiger partial charge >= 0.3 is 12.0 Å². The average molecular weight is 443 g/mol. The van der Waals surface area contributed by atoms with Crippen molar-refractivity contribution in [2.45, 2.75) is 39.3 Å². The molecule has 0 aliphatic heterocycles. The van der Waals surface area contributed by atoms with Crippen molar-refractivity contribution in [3.63, 3.8) is 0 Å². The average Bonchev–Trinajstić information content (AvgIpc) is 2.52. The molecule has 0 saturated heterocycles. The first-order valence-corrected chi connectivity index (χ1v) is 8.84. The van der Waals surface area contributed by atoms with Crippen molar-refractivity contribution >= 4 is 45.4 Å². The predicted octanol–water partition coefficient (Wildman–Crippen LogP) is 1.43. The molecule has 0 heterocycles. The molecule has 0 bridgehead atoms. The molecule has 2 unspecified atom stereocenters. The first-order valence-electron chi connectivity index (χ1n) is 8.04.